The molecule has 0 radical (unpaired) electrons. The van der Waals surface area contributed by atoms with Crippen molar-refractivity contribution in [3.05, 3.63) is 59.5 Å². The lowest BCUT2D eigenvalue weighted by atomic mass is 10.1. The molecule has 1 aromatic heterocycles. The van der Waals surface area contributed by atoms with Gasteiger partial charge in [-0.3, -0.25) is 4.79 Å². The monoisotopic (exact) mass is 326 g/mol. The van der Waals surface area contributed by atoms with Crippen molar-refractivity contribution < 1.29 is 18.7 Å². The summed E-state index contributed by atoms with van der Waals surface area (Å²) in [5, 5.41) is 3.85. The third kappa shape index (κ3) is 2.67. The van der Waals surface area contributed by atoms with E-state index in [-0.39, 0.29) is 18.5 Å². The Morgan fingerprint density at radius 1 is 1.17 bits per heavy atom. The number of carbonyl (C=O) groups is 1. The van der Waals surface area contributed by atoms with Crippen LogP contribution in [0.2, 0.25) is 0 Å². The largest absolute Gasteiger partial charge is 0.454 e. The zero-order valence-electron chi connectivity index (χ0n) is 12.8. The molecule has 0 saturated heterocycles. The summed E-state index contributed by atoms with van der Waals surface area (Å²) in [6, 6.07) is 9.75. The molecule has 0 spiro atoms. The summed E-state index contributed by atoms with van der Waals surface area (Å²) in [6.07, 6.45) is 2.50. The van der Waals surface area contributed by atoms with Gasteiger partial charge in [0.05, 0.1) is 0 Å². The van der Waals surface area contributed by atoms with Crippen LogP contribution in [0.15, 0.2) is 42.6 Å². The van der Waals surface area contributed by atoms with Crippen LogP contribution in [-0.2, 0) is 6.42 Å². The molecule has 0 saturated carbocycles. The first-order valence-corrected chi connectivity index (χ1v) is 7.64. The maximum Gasteiger partial charge on any atom is 0.251 e. The third-order valence-electron chi connectivity index (χ3n) is 4.04. The fraction of sp³-hybridized carbons (Fsp3) is 0.167. The number of hydrogen-bond acceptors (Lipinski definition) is 3. The highest BCUT2D eigenvalue weighted by molar-refractivity contribution is 5.95. The van der Waals surface area contributed by atoms with E-state index in [0.717, 1.165) is 16.5 Å². The Kier molecular flexibility index (Phi) is 3.57. The smallest absolute Gasteiger partial charge is 0.251 e. The molecule has 3 aromatic rings. The highest BCUT2D eigenvalue weighted by Gasteiger charge is 2.16. The van der Waals surface area contributed by atoms with E-state index in [9.17, 15) is 9.18 Å². The number of ether oxygens (including phenoxy) is 2. The van der Waals surface area contributed by atoms with Gasteiger partial charge in [-0.2, -0.15) is 0 Å². The second-order valence-corrected chi connectivity index (χ2v) is 5.58. The van der Waals surface area contributed by atoms with Crippen molar-refractivity contribution in [2.45, 2.75) is 6.42 Å². The van der Waals surface area contributed by atoms with E-state index in [2.05, 4.69) is 10.3 Å². The summed E-state index contributed by atoms with van der Waals surface area (Å²) in [7, 11) is 0. The van der Waals surface area contributed by atoms with E-state index in [0.29, 0.717) is 30.0 Å². The van der Waals surface area contributed by atoms with Crippen LogP contribution in [0.1, 0.15) is 15.9 Å². The molecule has 2 aromatic carbocycles. The Hall–Kier alpha value is -3.02. The number of H-pyrrole nitrogens is 1. The number of fused-ring (bicyclic) bond motifs is 2. The van der Waals surface area contributed by atoms with Gasteiger partial charge < -0.3 is 19.8 Å². The zero-order valence-corrected chi connectivity index (χ0v) is 12.8. The van der Waals surface area contributed by atoms with Gasteiger partial charge in [-0.05, 0) is 48.4 Å². The van der Waals surface area contributed by atoms with Crippen LogP contribution in [0.4, 0.5) is 4.39 Å². The van der Waals surface area contributed by atoms with E-state index in [1.807, 2.05) is 6.20 Å². The van der Waals surface area contributed by atoms with Crippen molar-refractivity contribution in [1.82, 2.24) is 10.3 Å². The maximum absolute atomic E-state index is 13.2. The van der Waals surface area contributed by atoms with E-state index < -0.39 is 0 Å². The fourth-order valence-corrected chi connectivity index (χ4v) is 2.82. The Balaban J connectivity index is 1.40. The van der Waals surface area contributed by atoms with E-state index in [1.54, 1.807) is 24.3 Å². The molecular weight excluding hydrogens is 311 g/mol. The highest BCUT2D eigenvalue weighted by Crippen LogP contribution is 2.32. The molecule has 1 aliphatic rings. The Morgan fingerprint density at radius 3 is 2.96 bits per heavy atom. The average molecular weight is 326 g/mol. The van der Waals surface area contributed by atoms with Gasteiger partial charge in [-0.25, -0.2) is 4.39 Å². The number of nitrogens with one attached hydrogen (secondary N) is 2. The van der Waals surface area contributed by atoms with Gasteiger partial charge in [0.2, 0.25) is 6.79 Å². The molecule has 1 aliphatic heterocycles. The SMILES string of the molecule is O=C(NCCc1c[nH]c2cc(F)ccc12)c1ccc2c(c1)OCO2. The minimum Gasteiger partial charge on any atom is -0.454 e. The van der Waals surface area contributed by atoms with Crippen molar-refractivity contribution in [1.29, 1.82) is 0 Å². The lowest BCUT2D eigenvalue weighted by molar-refractivity contribution is 0.0953. The molecule has 0 aliphatic carbocycles. The van der Waals surface area contributed by atoms with Crippen LogP contribution in [0.5, 0.6) is 11.5 Å². The Morgan fingerprint density at radius 2 is 2.04 bits per heavy atom. The molecule has 0 atom stereocenters. The first-order chi connectivity index (χ1) is 11.7. The van der Waals surface area contributed by atoms with Crippen molar-refractivity contribution in [3.8, 4) is 11.5 Å². The summed E-state index contributed by atoms with van der Waals surface area (Å²) in [5.74, 6) is 0.796. The molecule has 24 heavy (non-hydrogen) atoms. The topological polar surface area (TPSA) is 63.4 Å². The number of halogens is 1. The van der Waals surface area contributed by atoms with E-state index >= 15 is 0 Å². The van der Waals surface area contributed by atoms with Gasteiger partial charge in [0, 0.05) is 29.2 Å². The number of hydrogen-bond donors (Lipinski definition) is 2. The lowest BCUT2D eigenvalue weighted by Gasteiger charge is -2.06. The average Bonchev–Trinajstić information content (AvgIpc) is 3.20. The summed E-state index contributed by atoms with van der Waals surface area (Å²) in [4.78, 5) is 15.3. The molecule has 122 valence electrons. The molecule has 2 N–H and O–H groups in total. The normalized spacial score (nSPS) is 12.5. The first kappa shape index (κ1) is 14.6. The number of aromatic amines is 1. The third-order valence-corrected chi connectivity index (χ3v) is 4.04. The second kappa shape index (κ2) is 5.88. The molecule has 6 heteroatoms. The number of rotatable bonds is 4. The van der Waals surface area contributed by atoms with Gasteiger partial charge in [-0.15, -0.1) is 0 Å². The summed E-state index contributed by atoms with van der Waals surface area (Å²) >= 11 is 0. The van der Waals surface area contributed by atoms with Crippen LogP contribution in [-0.4, -0.2) is 24.2 Å². The summed E-state index contributed by atoms with van der Waals surface area (Å²) in [5.41, 5.74) is 2.32. The molecule has 0 fully saturated rings. The van der Waals surface area contributed by atoms with Crippen LogP contribution >= 0.6 is 0 Å². The zero-order chi connectivity index (χ0) is 16.5. The van der Waals surface area contributed by atoms with Crippen LogP contribution in [0, 0.1) is 5.82 Å². The predicted molar refractivity (Wildman–Crippen MR) is 86.9 cm³/mol. The molecule has 0 unspecified atom stereocenters. The van der Waals surface area contributed by atoms with E-state index in [4.69, 9.17) is 9.47 Å². The van der Waals surface area contributed by atoms with Gasteiger partial charge in [0.15, 0.2) is 11.5 Å². The van der Waals surface area contributed by atoms with Gasteiger partial charge in [0.1, 0.15) is 5.82 Å². The van der Waals surface area contributed by atoms with Crippen molar-refractivity contribution in [2.24, 2.45) is 0 Å². The number of amides is 1. The van der Waals surface area contributed by atoms with Gasteiger partial charge in [0.25, 0.3) is 5.91 Å². The Bertz CT molecular complexity index is 920. The summed E-state index contributed by atoms with van der Waals surface area (Å²) in [6.45, 7) is 0.666. The predicted octanol–water partition coefficient (Wildman–Crippen LogP) is 3.01. The van der Waals surface area contributed by atoms with Crippen molar-refractivity contribution in [3.63, 3.8) is 0 Å². The minimum absolute atomic E-state index is 0.167. The first-order valence-electron chi connectivity index (χ1n) is 7.64. The molecule has 4 rings (SSSR count). The molecule has 0 bridgehead atoms. The second-order valence-electron chi connectivity index (χ2n) is 5.58. The van der Waals surface area contributed by atoms with Crippen LogP contribution in [0.25, 0.3) is 10.9 Å². The molecule has 2 heterocycles. The van der Waals surface area contributed by atoms with Gasteiger partial charge in [-0.1, -0.05) is 0 Å². The lowest BCUT2D eigenvalue weighted by Crippen LogP contribution is -2.25. The van der Waals surface area contributed by atoms with Crippen LogP contribution < -0.4 is 14.8 Å². The van der Waals surface area contributed by atoms with Gasteiger partial charge >= 0.3 is 0 Å². The van der Waals surface area contributed by atoms with Crippen molar-refractivity contribution >= 4 is 16.8 Å². The fourth-order valence-electron chi connectivity index (χ4n) is 2.82. The van der Waals surface area contributed by atoms with Crippen LogP contribution in [0.3, 0.4) is 0 Å². The number of benzene rings is 2. The summed E-state index contributed by atoms with van der Waals surface area (Å²) < 4.78 is 23.7. The highest BCUT2D eigenvalue weighted by atomic mass is 19.1. The molecule has 5 nitrogen and oxygen atoms in total. The minimum atomic E-state index is -0.271. The van der Waals surface area contributed by atoms with E-state index in [1.165, 1.54) is 12.1 Å². The number of aromatic nitrogens is 1. The Labute approximate surface area is 137 Å². The maximum atomic E-state index is 13.2. The molecule has 1 amide bonds. The standard InChI is InChI=1S/C18H15FN2O3/c19-13-2-3-14-12(9-21-15(14)8-13)5-6-20-18(22)11-1-4-16-17(7-11)24-10-23-16/h1-4,7-9,21H,5-6,10H2,(H,20,22). The molecular formula is C18H15FN2O3. The van der Waals surface area contributed by atoms with Crippen molar-refractivity contribution in [2.75, 3.05) is 13.3 Å². The number of carbonyl (C=O) groups excluding carboxylic acids is 1. The quantitative estimate of drug-likeness (QED) is 0.775.